The highest BCUT2D eigenvalue weighted by atomic mass is 35.5. The quantitative estimate of drug-likeness (QED) is 0.0299. The van der Waals surface area contributed by atoms with Crippen molar-refractivity contribution in [2.24, 2.45) is 16.6 Å². The van der Waals surface area contributed by atoms with E-state index in [2.05, 4.69) is 41.5 Å². The Labute approximate surface area is 490 Å². The van der Waals surface area contributed by atoms with E-state index in [4.69, 9.17) is 40.2 Å². The van der Waals surface area contributed by atoms with Crippen LogP contribution >= 0.6 is 23.2 Å². The Morgan fingerprint density at radius 3 is 1.58 bits per heavy atom. The number of carbonyl (C=O) groups excluding carboxylic acids is 8. The zero-order chi connectivity index (χ0) is 60.0. The molecule has 2 aromatic heterocycles. The molecule has 0 atom stereocenters. The molecule has 0 bridgehead atoms. The van der Waals surface area contributed by atoms with Crippen LogP contribution in [0.2, 0.25) is 10.0 Å². The zero-order valence-electron chi connectivity index (χ0n) is 45.6. The van der Waals surface area contributed by atoms with Crippen LogP contribution < -0.4 is 32.7 Å². The first-order chi connectivity index (χ1) is 40.4. The number of anilines is 1. The van der Waals surface area contributed by atoms with Crippen LogP contribution in [0.5, 0.6) is 0 Å². The van der Waals surface area contributed by atoms with Gasteiger partial charge in [0.15, 0.2) is 11.4 Å². The van der Waals surface area contributed by atoms with Crippen LogP contribution in [0.4, 0.5) is 19.3 Å². The molecule has 8 N–H and O–H groups in total. The molecule has 442 valence electrons. The minimum absolute atomic E-state index is 0.0195. The third kappa shape index (κ3) is 16.1. The number of hydrogen-bond acceptors (Lipinski definition) is 11. The molecule has 6 aromatic rings. The van der Waals surface area contributed by atoms with Crippen molar-refractivity contribution < 1.29 is 47.1 Å². The van der Waals surface area contributed by atoms with E-state index in [1.165, 1.54) is 94.0 Å². The minimum Gasteiger partial charge on any atom is -0.364 e. The largest absolute Gasteiger partial charge is 0.364 e. The number of piperidine rings is 2. The van der Waals surface area contributed by atoms with Gasteiger partial charge in [0.1, 0.15) is 24.7 Å². The molecule has 4 aromatic carbocycles. The molecule has 84 heavy (non-hydrogen) atoms. The summed E-state index contributed by atoms with van der Waals surface area (Å²) in [5.74, 6) is -5.45. The maximum atomic E-state index is 14.2. The average molecular weight is 1200 g/mol. The van der Waals surface area contributed by atoms with Gasteiger partial charge < -0.3 is 47.4 Å². The average Bonchev–Trinajstić information content (AvgIpc) is 4.24. The van der Waals surface area contributed by atoms with Gasteiger partial charge >= 0.3 is 6.03 Å². The number of azide groups is 1. The first-order valence-corrected chi connectivity index (χ1v) is 28.1. The summed E-state index contributed by atoms with van der Waals surface area (Å²) in [5.41, 5.74) is 21.1. The van der Waals surface area contributed by atoms with E-state index in [1.807, 2.05) is 0 Å². The van der Waals surface area contributed by atoms with Crippen LogP contribution in [0.3, 0.4) is 0 Å². The van der Waals surface area contributed by atoms with Crippen LogP contribution in [0.25, 0.3) is 32.2 Å². The predicted molar refractivity (Wildman–Crippen MR) is 307 cm³/mol. The highest BCUT2D eigenvalue weighted by Crippen LogP contribution is 2.30. The van der Waals surface area contributed by atoms with Gasteiger partial charge in [-0.3, -0.25) is 42.9 Å². The molecule has 2 aliphatic carbocycles. The molecule has 0 unspecified atom stereocenters. The van der Waals surface area contributed by atoms with Crippen molar-refractivity contribution in [1.29, 1.82) is 0 Å². The third-order valence-corrected chi connectivity index (χ3v) is 14.9. The number of primary amides is 2. The van der Waals surface area contributed by atoms with E-state index in [0.717, 1.165) is 44.9 Å². The second kappa shape index (κ2) is 28.5. The number of nitrogens with zero attached hydrogens (tertiary/aromatic N) is 10. The number of nitrogens with one attached hydrogen (secondary N) is 4. The summed E-state index contributed by atoms with van der Waals surface area (Å²) < 4.78 is 30.9. The highest BCUT2D eigenvalue weighted by molar-refractivity contribution is 6.31. The standard InChI is InChI=1S/C28H31ClFN7O4.C23H20ClFN8O4.C5H11N/c29-21-6-4-5-17(25(21)30)14-32-23(38)15-36(19-8-9-19)24(39)16-37-22-10-7-18(13-20(22)26(34-37)27(31)40)33-28(41)35-11-2-1-3-12-35;24-16-3-1-2-13(20(16)25)9-28-18(34)10-32(14-5-6-14)19(35)11-33-17-7-4-12(23(37)29-31-27)8-15(17)21(30-33)22(26)36;1-2-4-6-5-3-1/h4-7,10,13,19H,1-3,8-9,11-12,14-16H2,(H2,31,40)(H,32,38)(H,33,41);1-4,7-8,14H,5-6,9-11H2,(H2,26,36)(H,28,34);6H,1-5H2. The van der Waals surface area contributed by atoms with Crippen molar-refractivity contribution in [3.8, 4) is 0 Å². The fraction of sp³-hybridized carbons (Fsp3) is 0.393. The lowest BCUT2D eigenvalue weighted by atomic mass is 10.1. The van der Waals surface area contributed by atoms with Crippen molar-refractivity contribution >= 4 is 98.1 Å². The maximum absolute atomic E-state index is 14.2. The van der Waals surface area contributed by atoms with Crippen molar-refractivity contribution in [2.45, 2.75) is 102 Å². The second-order valence-electron chi connectivity index (χ2n) is 20.5. The summed E-state index contributed by atoms with van der Waals surface area (Å²) in [7, 11) is 0. The lowest BCUT2D eigenvalue weighted by Gasteiger charge is -2.26. The lowest BCUT2D eigenvalue weighted by Crippen LogP contribution is -2.43. The van der Waals surface area contributed by atoms with Gasteiger partial charge in [-0.2, -0.15) is 10.2 Å². The Bertz CT molecular complexity index is 3530. The summed E-state index contributed by atoms with van der Waals surface area (Å²) in [6.45, 7) is 2.72. The molecule has 4 aliphatic rings. The van der Waals surface area contributed by atoms with E-state index in [9.17, 15) is 47.1 Å². The normalized spacial score (nSPS) is 14.6. The molecule has 4 heterocycles. The number of likely N-dealkylation sites (tertiary alicyclic amines) is 1. The van der Waals surface area contributed by atoms with E-state index >= 15 is 0 Å². The monoisotopic (exact) mass is 1190 g/mol. The number of halogens is 4. The summed E-state index contributed by atoms with van der Waals surface area (Å²) in [6, 6.07) is 17.6. The molecule has 0 radical (unpaired) electrons. The van der Waals surface area contributed by atoms with Gasteiger partial charge in [0, 0.05) is 76.3 Å². The fourth-order valence-corrected chi connectivity index (χ4v) is 9.99. The zero-order valence-corrected chi connectivity index (χ0v) is 47.1. The number of fused-ring (bicyclic) bond motifs is 2. The smallest absolute Gasteiger partial charge is 0.321 e. The molecular formula is C56H62Cl2F2N16O8. The van der Waals surface area contributed by atoms with Crippen LogP contribution in [-0.4, -0.2) is 133 Å². The van der Waals surface area contributed by atoms with Gasteiger partial charge in [0.05, 0.1) is 34.2 Å². The number of hydrogen-bond donors (Lipinski definition) is 6. The number of aromatic nitrogens is 4. The molecule has 9 amide bonds. The first kappa shape index (κ1) is 61.4. The lowest BCUT2D eigenvalue weighted by molar-refractivity contribution is -0.137. The van der Waals surface area contributed by atoms with E-state index in [0.29, 0.717) is 35.2 Å². The van der Waals surface area contributed by atoms with Crippen LogP contribution in [0, 0.1) is 11.6 Å². The minimum atomic E-state index is -0.878. The molecule has 4 fully saturated rings. The van der Waals surface area contributed by atoms with Gasteiger partial charge in [-0.1, -0.05) is 53.9 Å². The summed E-state index contributed by atoms with van der Waals surface area (Å²) in [4.78, 5) is 108. The van der Waals surface area contributed by atoms with Crippen molar-refractivity contribution in [3.63, 3.8) is 0 Å². The number of amides is 9. The molecular weight excluding hydrogens is 1130 g/mol. The van der Waals surface area contributed by atoms with Gasteiger partial charge in [0.2, 0.25) is 29.5 Å². The van der Waals surface area contributed by atoms with Crippen molar-refractivity contribution in [1.82, 2.24) is 50.2 Å². The van der Waals surface area contributed by atoms with Crippen molar-refractivity contribution in [3.05, 3.63) is 133 Å². The first-order valence-electron chi connectivity index (χ1n) is 27.4. The SMILES string of the molecule is C1CCNCC1.NC(=O)c1nn(CC(=O)N(CC(=O)NCc2cccc(Cl)c2F)C2CC2)c2ccc(NC(=O)N3CCCCC3)cc12.[N-]=[N+]=NC(=O)c1ccc2c(c1)c(C(N)=O)nn2CC(=O)N(CC(=O)NCc1cccc(Cl)c1F)C1CC1. The summed E-state index contributed by atoms with van der Waals surface area (Å²) >= 11 is 11.6. The maximum Gasteiger partial charge on any atom is 0.321 e. The molecule has 10 rings (SSSR count). The number of nitrogens with two attached hydrogens (primary N) is 2. The summed E-state index contributed by atoms with van der Waals surface area (Å²) in [6.07, 6.45) is 10.2. The van der Waals surface area contributed by atoms with Crippen molar-refractivity contribution in [2.75, 3.05) is 44.6 Å². The predicted octanol–water partition coefficient (Wildman–Crippen LogP) is 6.70. The third-order valence-electron chi connectivity index (χ3n) is 14.3. The van der Waals surface area contributed by atoms with E-state index < -0.39 is 47.1 Å². The number of rotatable bonds is 18. The number of benzene rings is 4. The van der Waals surface area contributed by atoms with Gasteiger partial charge in [-0.15, -0.1) is 0 Å². The Kier molecular flexibility index (Phi) is 20.8. The summed E-state index contributed by atoms with van der Waals surface area (Å²) in [5, 5.41) is 23.3. The van der Waals surface area contributed by atoms with Gasteiger partial charge in [-0.05, 0) is 130 Å². The fourth-order valence-electron chi connectivity index (χ4n) is 9.60. The Balaban J connectivity index is 0.000000200. The van der Waals surface area contributed by atoms with Crippen LogP contribution in [0.1, 0.15) is 107 Å². The number of urea groups is 1. The molecule has 2 aliphatic heterocycles. The van der Waals surface area contributed by atoms with Gasteiger partial charge in [-0.25, -0.2) is 13.6 Å². The molecule has 0 spiro atoms. The number of carbonyl (C=O) groups is 8. The van der Waals surface area contributed by atoms with Crippen LogP contribution in [0.15, 0.2) is 77.9 Å². The van der Waals surface area contributed by atoms with Gasteiger partial charge in [0.25, 0.3) is 11.8 Å². The van der Waals surface area contributed by atoms with Crippen LogP contribution in [-0.2, 0) is 45.4 Å². The Morgan fingerprint density at radius 1 is 0.667 bits per heavy atom. The second-order valence-corrected chi connectivity index (χ2v) is 21.3. The molecule has 2 saturated carbocycles. The highest BCUT2D eigenvalue weighted by Gasteiger charge is 2.36. The Morgan fingerprint density at radius 2 is 1.14 bits per heavy atom. The molecule has 2 saturated heterocycles. The molecule has 28 heteroatoms. The molecule has 24 nitrogen and oxygen atoms in total. The van der Waals surface area contributed by atoms with E-state index in [1.54, 1.807) is 35.2 Å². The topological polar surface area (TPSA) is 331 Å². The van der Waals surface area contributed by atoms with E-state index in [-0.39, 0.29) is 107 Å². The Hall–Kier alpha value is -8.71.